The van der Waals surface area contributed by atoms with Gasteiger partial charge < -0.3 is 0 Å². The summed E-state index contributed by atoms with van der Waals surface area (Å²) in [6.45, 7) is 6.79. The summed E-state index contributed by atoms with van der Waals surface area (Å²) in [5.74, 6) is 1.70. The second kappa shape index (κ2) is 4.84. The van der Waals surface area contributed by atoms with Crippen molar-refractivity contribution in [1.29, 1.82) is 0 Å². The maximum absolute atomic E-state index is 12.7. The highest BCUT2D eigenvalue weighted by Gasteiger charge is 2.52. The van der Waals surface area contributed by atoms with Gasteiger partial charge in [-0.15, -0.1) is 0 Å². The number of rotatable bonds is 0. The average Bonchev–Trinajstić information content (AvgIpc) is 3.17. The molecule has 0 N–H and O–H groups in total. The minimum absolute atomic E-state index is 0.146. The van der Waals surface area contributed by atoms with Crippen molar-refractivity contribution in [2.75, 3.05) is 0 Å². The van der Waals surface area contributed by atoms with Gasteiger partial charge in [0.1, 0.15) is 0 Å². The van der Waals surface area contributed by atoms with Crippen molar-refractivity contribution in [3.63, 3.8) is 0 Å². The highest BCUT2D eigenvalue weighted by molar-refractivity contribution is 6.03. The standard InChI is InChI=1S/C24H26O/c1-23(2,3)18-7-5-16-12-20-21(13-17(16)11-18)24(9-8-22(20)25)14-15-4-6-19(24)10-15/h4-7,11-13,15,19H,8-10,14H2,1-3H3. The Bertz CT molecular complexity index is 927. The first kappa shape index (κ1) is 15.4. The van der Waals surface area contributed by atoms with Crippen LogP contribution in [0.1, 0.15) is 67.9 Å². The molecule has 0 heterocycles. The van der Waals surface area contributed by atoms with Gasteiger partial charge in [-0.25, -0.2) is 0 Å². The van der Waals surface area contributed by atoms with E-state index >= 15 is 0 Å². The molecular weight excluding hydrogens is 304 g/mol. The quantitative estimate of drug-likeness (QED) is 0.546. The third-order valence-corrected chi connectivity index (χ3v) is 6.99. The first-order valence-corrected chi connectivity index (χ1v) is 9.67. The van der Waals surface area contributed by atoms with Crippen molar-refractivity contribution in [3.05, 3.63) is 59.2 Å². The zero-order chi connectivity index (χ0) is 17.4. The van der Waals surface area contributed by atoms with Crippen molar-refractivity contribution < 1.29 is 4.79 Å². The first-order chi connectivity index (χ1) is 11.9. The third kappa shape index (κ3) is 2.11. The van der Waals surface area contributed by atoms with E-state index in [0.717, 1.165) is 24.3 Å². The van der Waals surface area contributed by atoms with E-state index in [-0.39, 0.29) is 10.8 Å². The predicted molar refractivity (Wildman–Crippen MR) is 103 cm³/mol. The van der Waals surface area contributed by atoms with Gasteiger partial charge in [0.15, 0.2) is 5.78 Å². The maximum atomic E-state index is 12.7. The molecule has 2 aromatic carbocycles. The Morgan fingerprint density at radius 2 is 1.88 bits per heavy atom. The zero-order valence-electron chi connectivity index (χ0n) is 15.4. The van der Waals surface area contributed by atoms with E-state index in [2.05, 4.69) is 63.3 Å². The number of benzene rings is 2. The molecule has 1 fully saturated rings. The monoisotopic (exact) mass is 330 g/mol. The molecule has 5 rings (SSSR count). The van der Waals surface area contributed by atoms with Crippen LogP contribution in [0.2, 0.25) is 0 Å². The molecular formula is C24H26O. The van der Waals surface area contributed by atoms with E-state index in [1.165, 1.54) is 34.7 Å². The smallest absolute Gasteiger partial charge is 0.163 e. The number of ketones is 1. The van der Waals surface area contributed by atoms with E-state index in [1.54, 1.807) is 0 Å². The van der Waals surface area contributed by atoms with Crippen LogP contribution in [-0.4, -0.2) is 5.78 Å². The molecule has 25 heavy (non-hydrogen) atoms. The van der Waals surface area contributed by atoms with E-state index in [9.17, 15) is 4.79 Å². The lowest BCUT2D eigenvalue weighted by Crippen LogP contribution is -2.36. The molecule has 1 saturated carbocycles. The van der Waals surface area contributed by atoms with E-state index in [4.69, 9.17) is 0 Å². The van der Waals surface area contributed by atoms with Crippen molar-refractivity contribution in [3.8, 4) is 0 Å². The minimum atomic E-state index is 0.146. The Hall–Kier alpha value is -1.89. The van der Waals surface area contributed by atoms with Gasteiger partial charge in [0.05, 0.1) is 0 Å². The Labute approximate surface area is 150 Å². The maximum Gasteiger partial charge on any atom is 0.163 e. The lowest BCUT2D eigenvalue weighted by Gasteiger charge is -2.40. The Kier molecular flexibility index (Phi) is 2.98. The molecule has 3 aliphatic rings. The molecule has 0 aromatic heterocycles. The number of carbonyl (C=O) groups is 1. The van der Waals surface area contributed by atoms with Crippen LogP contribution in [0.5, 0.6) is 0 Å². The Balaban J connectivity index is 1.74. The molecule has 0 saturated heterocycles. The number of fused-ring (bicyclic) bond motifs is 6. The van der Waals surface area contributed by atoms with Gasteiger partial charge in [-0.3, -0.25) is 4.79 Å². The summed E-state index contributed by atoms with van der Waals surface area (Å²) >= 11 is 0. The normalized spacial score (nSPS) is 30.4. The lowest BCUT2D eigenvalue weighted by atomic mass is 9.62. The summed E-state index contributed by atoms with van der Waals surface area (Å²) in [7, 11) is 0. The molecule has 128 valence electrons. The van der Waals surface area contributed by atoms with E-state index in [0.29, 0.717) is 11.7 Å². The Morgan fingerprint density at radius 1 is 1.04 bits per heavy atom. The minimum Gasteiger partial charge on any atom is -0.294 e. The van der Waals surface area contributed by atoms with Gasteiger partial charge in [-0.05, 0) is 70.5 Å². The molecule has 1 spiro atoms. The van der Waals surface area contributed by atoms with Crippen LogP contribution in [0.4, 0.5) is 0 Å². The molecule has 1 heteroatoms. The van der Waals surface area contributed by atoms with Crippen LogP contribution in [0.3, 0.4) is 0 Å². The van der Waals surface area contributed by atoms with Gasteiger partial charge in [0.2, 0.25) is 0 Å². The topological polar surface area (TPSA) is 17.1 Å². The first-order valence-electron chi connectivity index (χ1n) is 9.67. The van der Waals surface area contributed by atoms with Crippen LogP contribution in [-0.2, 0) is 10.8 Å². The van der Waals surface area contributed by atoms with Crippen LogP contribution in [0, 0.1) is 11.8 Å². The average molecular weight is 330 g/mol. The summed E-state index contributed by atoms with van der Waals surface area (Å²) in [5, 5.41) is 2.50. The fraction of sp³-hybridized carbons (Fsp3) is 0.458. The number of hydrogen-bond donors (Lipinski definition) is 0. The van der Waals surface area contributed by atoms with Crippen LogP contribution >= 0.6 is 0 Å². The second-order valence-corrected chi connectivity index (χ2v) is 9.48. The molecule has 3 atom stereocenters. The van der Waals surface area contributed by atoms with Crippen molar-refractivity contribution in [2.45, 2.75) is 57.3 Å². The van der Waals surface area contributed by atoms with Crippen molar-refractivity contribution in [1.82, 2.24) is 0 Å². The van der Waals surface area contributed by atoms with Gasteiger partial charge >= 0.3 is 0 Å². The highest BCUT2D eigenvalue weighted by atomic mass is 16.1. The number of hydrogen-bond acceptors (Lipinski definition) is 1. The summed E-state index contributed by atoms with van der Waals surface area (Å²) in [6.07, 6.45) is 9.12. The molecule has 0 amide bonds. The fourth-order valence-electron chi connectivity index (χ4n) is 5.56. The molecule has 2 aromatic rings. The van der Waals surface area contributed by atoms with Gasteiger partial charge in [0.25, 0.3) is 0 Å². The molecule has 3 unspecified atom stereocenters. The van der Waals surface area contributed by atoms with Crippen molar-refractivity contribution in [2.24, 2.45) is 11.8 Å². The molecule has 3 aliphatic carbocycles. The number of allylic oxidation sites excluding steroid dienone is 2. The van der Waals surface area contributed by atoms with Crippen LogP contribution in [0.15, 0.2) is 42.5 Å². The van der Waals surface area contributed by atoms with Gasteiger partial charge in [0, 0.05) is 17.4 Å². The van der Waals surface area contributed by atoms with E-state index < -0.39 is 0 Å². The van der Waals surface area contributed by atoms with E-state index in [1.807, 2.05) is 0 Å². The molecule has 0 radical (unpaired) electrons. The fourth-order valence-corrected chi connectivity index (χ4v) is 5.56. The summed E-state index contributed by atoms with van der Waals surface area (Å²) in [5.41, 5.74) is 4.08. The van der Waals surface area contributed by atoms with Gasteiger partial charge in [-0.2, -0.15) is 0 Å². The zero-order valence-corrected chi connectivity index (χ0v) is 15.4. The van der Waals surface area contributed by atoms with Crippen LogP contribution < -0.4 is 0 Å². The molecule has 2 bridgehead atoms. The molecule has 1 nitrogen and oxygen atoms in total. The number of carbonyl (C=O) groups excluding carboxylic acids is 1. The SMILES string of the molecule is CC(C)(C)c1ccc2cc3c(cc2c1)C1(CCC3=O)CC2C=CC1C2. The van der Waals surface area contributed by atoms with Crippen molar-refractivity contribution >= 4 is 16.6 Å². The Morgan fingerprint density at radius 3 is 2.56 bits per heavy atom. The lowest BCUT2D eigenvalue weighted by molar-refractivity contribution is 0.0944. The summed E-state index contributed by atoms with van der Waals surface area (Å²) in [6, 6.07) is 11.3. The third-order valence-electron chi connectivity index (χ3n) is 6.99. The second-order valence-electron chi connectivity index (χ2n) is 9.48. The molecule has 0 aliphatic heterocycles. The van der Waals surface area contributed by atoms with Gasteiger partial charge in [-0.1, -0.05) is 51.1 Å². The summed E-state index contributed by atoms with van der Waals surface area (Å²) < 4.78 is 0. The highest BCUT2D eigenvalue weighted by Crippen LogP contribution is 2.58. The predicted octanol–water partition coefficient (Wildman–Crippen LogP) is 5.95. The largest absolute Gasteiger partial charge is 0.294 e. The summed E-state index contributed by atoms with van der Waals surface area (Å²) in [4.78, 5) is 12.7. The van der Waals surface area contributed by atoms with Crippen LogP contribution in [0.25, 0.3) is 10.8 Å². The number of Topliss-reactive ketones (excluding diaryl/α,β-unsaturated/α-hetero) is 1.